The molecule has 152 valence electrons. The van der Waals surface area contributed by atoms with Crippen LogP contribution in [0.15, 0.2) is 24.3 Å². The van der Waals surface area contributed by atoms with Gasteiger partial charge in [0.1, 0.15) is 21.2 Å². The van der Waals surface area contributed by atoms with E-state index in [-0.39, 0.29) is 6.61 Å². The van der Waals surface area contributed by atoms with Crippen LogP contribution in [0.4, 0.5) is 5.69 Å². The van der Waals surface area contributed by atoms with E-state index >= 15 is 0 Å². The van der Waals surface area contributed by atoms with E-state index in [0.717, 1.165) is 16.6 Å². The van der Waals surface area contributed by atoms with Crippen LogP contribution in [0.5, 0.6) is 11.5 Å². The molecule has 0 radical (unpaired) electrons. The highest BCUT2D eigenvalue weighted by Crippen LogP contribution is 2.38. The number of amides is 1. The molecular weight excluding hydrogens is 392 g/mol. The Hall–Kier alpha value is -3.13. The van der Waals surface area contributed by atoms with Gasteiger partial charge in [0.25, 0.3) is 5.91 Å². The Kier molecular flexibility index (Phi) is 6.03. The van der Waals surface area contributed by atoms with Crippen LogP contribution in [0.1, 0.15) is 38.2 Å². The summed E-state index contributed by atoms with van der Waals surface area (Å²) in [5.41, 5.74) is 2.49. The minimum atomic E-state index is -0.494. The third kappa shape index (κ3) is 4.17. The van der Waals surface area contributed by atoms with E-state index in [1.807, 2.05) is 19.9 Å². The van der Waals surface area contributed by atoms with E-state index in [0.29, 0.717) is 32.5 Å². The number of methoxy groups -OCH3 is 2. The molecule has 1 N–H and O–H groups in total. The van der Waals surface area contributed by atoms with Crippen LogP contribution < -0.4 is 14.8 Å². The number of ether oxygens (including phenoxy) is 3. The predicted octanol–water partition coefficient (Wildman–Crippen LogP) is 4.36. The maximum atomic E-state index is 13.0. The average molecular weight is 414 g/mol. The molecule has 1 amide bonds. The Balaban J connectivity index is 2.10. The Morgan fingerprint density at radius 3 is 2.31 bits per heavy atom. The van der Waals surface area contributed by atoms with Gasteiger partial charge in [-0.15, -0.1) is 11.3 Å². The lowest BCUT2D eigenvalue weighted by molar-refractivity contribution is 0.0533. The first-order valence-corrected chi connectivity index (χ1v) is 9.81. The van der Waals surface area contributed by atoms with Gasteiger partial charge >= 0.3 is 5.97 Å². The molecule has 0 fully saturated rings. The van der Waals surface area contributed by atoms with Gasteiger partial charge in [0.2, 0.25) is 0 Å². The number of benzene rings is 1. The molecule has 8 heteroatoms. The van der Waals surface area contributed by atoms with Gasteiger partial charge in [-0.05, 0) is 44.5 Å². The van der Waals surface area contributed by atoms with Gasteiger partial charge in [0.05, 0.1) is 26.5 Å². The van der Waals surface area contributed by atoms with Gasteiger partial charge in [-0.3, -0.25) is 4.79 Å². The van der Waals surface area contributed by atoms with Crippen molar-refractivity contribution in [2.24, 2.45) is 0 Å². The van der Waals surface area contributed by atoms with Crippen LogP contribution in [-0.2, 0) is 4.74 Å². The van der Waals surface area contributed by atoms with Gasteiger partial charge in [0.15, 0.2) is 0 Å². The maximum absolute atomic E-state index is 13.0. The summed E-state index contributed by atoms with van der Waals surface area (Å²) in [5, 5.41) is 3.60. The smallest absolute Gasteiger partial charge is 0.350 e. The van der Waals surface area contributed by atoms with Crippen LogP contribution in [0.25, 0.3) is 10.2 Å². The zero-order valence-corrected chi connectivity index (χ0v) is 17.7. The number of esters is 1. The number of nitrogens with zero attached hydrogens (tertiary/aromatic N) is 1. The van der Waals surface area contributed by atoms with Crippen LogP contribution in [0, 0.1) is 13.8 Å². The number of carbonyl (C=O) groups is 2. The fourth-order valence-electron chi connectivity index (χ4n) is 3.03. The number of carbonyl (C=O) groups excluding carboxylic acids is 2. The summed E-state index contributed by atoms with van der Waals surface area (Å²) in [6.45, 7) is 5.78. The molecule has 29 heavy (non-hydrogen) atoms. The highest BCUT2D eigenvalue weighted by Gasteiger charge is 2.24. The number of anilines is 1. The lowest BCUT2D eigenvalue weighted by Gasteiger charge is -2.11. The Labute approximate surface area is 172 Å². The number of hydrogen-bond donors (Lipinski definition) is 1. The van der Waals surface area contributed by atoms with Crippen molar-refractivity contribution in [2.45, 2.75) is 20.8 Å². The first-order valence-electron chi connectivity index (χ1n) is 9.00. The predicted molar refractivity (Wildman–Crippen MR) is 113 cm³/mol. The number of rotatable bonds is 6. The van der Waals surface area contributed by atoms with Gasteiger partial charge < -0.3 is 19.5 Å². The van der Waals surface area contributed by atoms with Gasteiger partial charge in [0, 0.05) is 22.7 Å². The van der Waals surface area contributed by atoms with Crippen LogP contribution >= 0.6 is 11.3 Å². The molecule has 7 nitrogen and oxygen atoms in total. The molecule has 0 saturated heterocycles. The van der Waals surface area contributed by atoms with Gasteiger partial charge in [-0.1, -0.05) is 0 Å². The molecule has 0 aliphatic rings. The molecule has 1 aromatic carbocycles. The van der Waals surface area contributed by atoms with Crippen molar-refractivity contribution < 1.29 is 23.8 Å². The maximum Gasteiger partial charge on any atom is 0.350 e. The SMILES string of the molecule is CCOC(=O)c1sc2nc(C)cc(C)c2c1NC(=O)c1cc(OC)cc(OC)c1. The van der Waals surface area contributed by atoms with Crippen LogP contribution in [0.2, 0.25) is 0 Å². The zero-order valence-electron chi connectivity index (χ0n) is 16.9. The normalized spacial score (nSPS) is 10.7. The molecule has 2 heterocycles. The van der Waals surface area contributed by atoms with Crippen LogP contribution in [-0.4, -0.2) is 37.7 Å². The van der Waals surface area contributed by atoms with Gasteiger partial charge in [-0.2, -0.15) is 0 Å². The Bertz CT molecular complexity index is 1070. The van der Waals surface area contributed by atoms with Crippen LogP contribution in [0.3, 0.4) is 0 Å². The van der Waals surface area contributed by atoms with Gasteiger partial charge in [-0.25, -0.2) is 9.78 Å². The van der Waals surface area contributed by atoms with E-state index in [2.05, 4.69) is 10.3 Å². The molecule has 3 aromatic rings. The summed E-state index contributed by atoms with van der Waals surface area (Å²) in [7, 11) is 3.03. The second kappa shape index (κ2) is 8.48. The molecule has 0 spiro atoms. The van der Waals surface area contributed by atoms with Crippen molar-refractivity contribution in [1.29, 1.82) is 0 Å². The van der Waals surface area contributed by atoms with Crippen molar-refractivity contribution in [1.82, 2.24) is 4.98 Å². The number of pyridine rings is 1. The molecule has 2 aromatic heterocycles. The summed E-state index contributed by atoms with van der Waals surface area (Å²) in [5.74, 6) is 0.0889. The minimum absolute atomic E-state index is 0.235. The Morgan fingerprint density at radius 1 is 1.07 bits per heavy atom. The highest BCUT2D eigenvalue weighted by atomic mass is 32.1. The lowest BCUT2D eigenvalue weighted by Crippen LogP contribution is -2.15. The topological polar surface area (TPSA) is 86.8 Å². The van der Waals surface area contributed by atoms with E-state index in [1.54, 1.807) is 25.1 Å². The third-order valence-corrected chi connectivity index (χ3v) is 5.36. The molecule has 0 aliphatic heterocycles. The summed E-state index contributed by atoms with van der Waals surface area (Å²) in [4.78, 5) is 31.0. The lowest BCUT2D eigenvalue weighted by atomic mass is 10.1. The summed E-state index contributed by atoms with van der Waals surface area (Å²) in [6, 6.07) is 6.79. The molecule has 0 bridgehead atoms. The first-order chi connectivity index (χ1) is 13.9. The van der Waals surface area contributed by atoms with Crippen molar-refractivity contribution >= 4 is 39.1 Å². The number of thiophene rings is 1. The monoisotopic (exact) mass is 414 g/mol. The molecule has 0 aliphatic carbocycles. The van der Waals surface area contributed by atoms with Crippen molar-refractivity contribution in [2.75, 3.05) is 26.1 Å². The number of nitrogens with one attached hydrogen (secondary N) is 1. The molecule has 0 atom stereocenters. The largest absolute Gasteiger partial charge is 0.497 e. The average Bonchev–Trinajstić information content (AvgIpc) is 3.06. The van der Waals surface area contributed by atoms with Crippen molar-refractivity contribution in [3.63, 3.8) is 0 Å². The number of fused-ring (bicyclic) bond motifs is 1. The first kappa shape index (κ1) is 20.6. The fourth-order valence-corrected chi connectivity index (χ4v) is 4.17. The van der Waals surface area contributed by atoms with Crippen molar-refractivity contribution in [3.05, 3.63) is 46.0 Å². The second-order valence-electron chi connectivity index (χ2n) is 6.34. The minimum Gasteiger partial charge on any atom is -0.497 e. The number of aromatic nitrogens is 1. The third-order valence-electron chi connectivity index (χ3n) is 4.30. The molecule has 3 rings (SSSR count). The standard InChI is InChI=1S/C21H22N2O5S/c1-6-28-21(25)18-17(16-11(2)7-12(3)22-20(16)29-18)23-19(24)13-8-14(26-4)10-15(9-13)27-5/h7-10H,6H2,1-5H3,(H,23,24). The number of aryl methyl sites for hydroxylation is 2. The molecule has 0 unspecified atom stereocenters. The zero-order chi connectivity index (χ0) is 21.1. The van der Waals surface area contributed by atoms with Crippen molar-refractivity contribution in [3.8, 4) is 11.5 Å². The summed E-state index contributed by atoms with van der Waals surface area (Å²) in [6.07, 6.45) is 0. The Morgan fingerprint density at radius 2 is 1.72 bits per heavy atom. The quantitative estimate of drug-likeness (QED) is 0.603. The van der Waals surface area contributed by atoms with E-state index in [1.165, 1.54) is 25.6 Å². The summed E-state index contributed by atoms with van der Waals surface area (Å²) < 4.78 is 15.7. The van der Waals surface area contributed by atoms with E-state index < -0.39 is 11.9 Å². The van der Waals surface area contributed by atoms with E-state index in [4.69, 9.17) is 14.2 Å². The summed E-state index contributed by atoms with van der Waals surface area (Å²) >= 11 is 1.20. The fraction of sp³-hybridized carbons (Fsp3) is 0.286. The molecular formula is C21H22N2O5S. The number of hydrogen-bond acceptors (Lipinski definition) is 7. The van der Waals surface area contributed by atoms with E-state index in [9.17, 15) is 9.59 Å². The second-order valence-corrected chi connectivity index (χ2v) is 7.34. The highest BCUT2D eigenvalue weighted by molar-refractivity contribution is 7.21. The molecule has 0 saturated carbocycles.